The van der Waals surface area contributed by atoms with Crippen LogP contribution in [0.2, 0.25) is 0 Å². The molecular weight excluding hydrogens is 277 g/mol. The van der Waals surface area contributed by atoms with Gasteiger partial charge in [-0.2, -0.15) is 13.2 Å². The number of hydrogen-bond acceptors (Lipinski definition) is 4. The fourth-order valence-electron chi connectivity index (χ4n) is 1.49. The van der Waals surface area contributed by atoms with Gasteiger partial charge in [0.25, 0.3) is 0 Å². The molecule has 0 bridgehead atoms. The molecule has 0 aromatic carbocycles. The van der Waals surface area contributed by atoms with Crippen molar-refractivity contribution in [3.05, 3.63) is 23.7 Å². The summed E-state index contributed by atoms with van der Waals surface area (Å²) in [6, 6.07) is 3.00. The molecule has 0 unspecified atom stereocenters. The summed E-state index contributed by atoms with van der Waals surface area (Å²) in [4.78, 5) is 17.6. The summed E-state index contributed by atoms with van der Waals surface area (Å²) in [6.07, 6.45) is -4.50. The molecule has 0 aliphatic rings. The lowest BCUT2D eigenvalue weighted by Gasteiger charge is -2.15. The molecular formula is C12H17F3N2O3. The number of furan rings is 1. The largest absolute Gasteiger partial charge is 0.454 e. The molecule has 0 aliphatic heterocycles. The van der Waals surface area contributed by atoms with Crippen LogP contribution in [0, 0.1) is 0 Å². The van der Waals surface area contributed by atoms with Crippen molar-refractivity contribution in [2.75, 3.05) is 19.7 Å². The summed E-state index contributed by atoms with van der Waals surface area (Å²) < 4.78 is 40.7. The highest BCUT2D eigenvalue weighted by Crippen LogP contribution is 2.14. The van der Waals surface area contributed by atoms with E-state index in [0.29, 0.717) is 12.3 Å². The average molecular weight is 294 g/mol. The van der Waals surface area contributed by atoms with Gasteiger partial charge in [0.2, 0.25) is 0 Å². The Kier molecular flexibility index (Phi) is 6.03. The minimum Gasteiger partial charge on any atom is -0.454 e. The first-order valence-electron chi connectivity index (χ1n) is 6.15. The molecule has 8 heteroatoms. The van der Waals surface area contributed by atoms with Gasteiger partial charge in [0.15, 0.2) is 12.4 Å². The number of carbonyl (C=O) groups excluding carboxylic acids is 1. The number of rotatable bonds is 7. The molecule has 1 aromatic rings. The van der Waals surface area contributed by atoms with Gasteiger partial charge in [0.1, 0.15) is 5.76 Å². The van der Waals surface area contributed by atoms with Gasteiger partial charge < -0.3 is 4.42 Å². The van der Waals surface area contributed by atoms with E-state index < -0.39 is 18.7 Å². The number of hydrogen-bond donors (Lipinski definition) is 1. The van der Waals surface area contributed by atoms with Crippen molar-refractivity contribution in [2.45, 2.75) is 26.6 Å². The van der Waals surface area contributed by atoms with Crippen LogP contribution in [0.25, 0.3) is 0 Å². The third-order valence-corrected chi connectivity index (χ3v) is 2.56. The number of amides is 1. The summed E-state index contributed by atoms with van der Waals surface area (Å²) in [6.45, 7) is 4.62. The van der Waals surface area contributed by atoms with Gasteiger partial charge in [-0.1, -0.05) is 13.8 Å². The van der Waals surface area contributed by atoms with Crippen LogP contribution >= 0.6 is 0 Å². The SMILES string of the molecule is CCN(CC)Cc1ccc(C(=O)NOCC(F)(F)F)o1. The van der Waals surface area contributed by atoms with Gasteiger partial charge >= 0.3 is 12.1 Å². The Bertz CT molecular complexity index is 428. The third-order valence-electron chi connectivity index (χ3n) is 2.56. The lowest BCUT2D eigenvalue weighted by atomic mass is 10.4. The molecule has 114 valence electrons. The summed E-state index contributed by atoms with van der Waals surface area (Å²) >= 11 is 0. The van der Waals surface area contributed by atoms with Crippen molar-refractivity contribution in [2.24, 2.45) is 0 Å². The molecule has 20 heavy (non-hydrogen) atoms. The Morgan fingerprint density at radius 1 is 1.35 bits per heavy atom. The predicted octanol–water partition coefficient (Wildman–Crippen LogP) is 2.35. The number of hydroxylamine groups is 1. The Labute approximate surface area is 114 Å². The lowest BCUT2D eigenvalue weighted by Crippen LogP contribution is -2.29. The van der Waals surface area contributed by atoms with E-state index >= 15 is 0 Å². The Balaban J connectivity index is 2.48. The van der Waals surface area contributed by atoms with E-state index in [1.807, 2.05) is 13.8 Å². The highest BCUT2D eigenvalue weighted by molar-refractivity contribution is 5.90. The Morgan fingerprint density at radius 2 is 2.00 bits per heavy atom. The smallest absolute Gasteiger partial charge is 0.414 e. The monoisotopic (exact) mass is 294 g/mol. The van der Waals surface area contributed by atoms with E-state index in [9.17, 15) is 18.0 Å². The topological polar surface area (TPSA) is 54.7 Å². The van der Waals surface area contributed by atoms with Crippen LogP contribution in [-0.4, -0.2) is 36.7 Å². The van der Waals surface area contributed by atoms with Gasteiger partial charge in [0.05, 0.1) is 6.54 Å². The lowest BCUT2D eigenvalue weighted by molar-refractivity contribution is -0.184. The molecule has 1 N–H and O–H groups in total. The maximum Gasteiger partial charge on any atom is 0.414 e. The molecule has 0 saturated heterocycles. The van der Waals surface area contributed by atoms with Crippen molar-refractivity contribution in [1.29, 1.82) is 0 Å². The van der Waals surface area contributed by atoms with Gasteiger partial charge in [-0.25, -0.2) is 5.48 Å². The van der Waals surface area contributed by atoms with Crippen molar-refractivity contribution in [3.8, 4) is 0 Å². The number of carbonyl (C=O) groups is 1. The summed E-state index contributed by atoms with van der Waals surface area (Å²) in [5, 5.41) is 0. The third kappa shape index (κ3) is 5.62. The van der Waals surface area contributed by atoms with Gasteiger partial charge in [-0.15, -0.1) is 0 Å². The van der Waals surface area contributed by atoms with Crippen molar-refractivity contribution in [1.82, 2.24) is 10.4 Å². The summed E-state index contributed by atoms with van der Waals surface area (Å²) in [5.41, 5.74) is 1.68. The molecule has 0 aliphatic carbocycles. The first-order chi connectivity index (χ1) is 9.35. The van der Waals surface area contributed by atoms with Crippen molar-refractivity contribution in [3.63, 3.8) is 0 Å². The van der Waals surface area contributed by atoms with E-state index in [1.54, 1.807) is 11.5 Å². The first kappa shape index (κ1) is 16.5. The fraction of sp³-hybridized carbons (Fsp3) is 0.583. The number of halogens is 3. The van der Waals surface area contributed by atoms with E-state index in [0.717, 1.165) is 13.1 Å². The molecule has 0 fully saturated rings. The zero-order valence-electron chi connectivity index (χ0n) is 11.3. The number of nitrogens with zero attached hydrogens (tertiary/aromatic N) is 1. The van der Waals surface area contributed by atoms with E-state index in [1.165, 1.54) is 6.07 Å². The zero-order chi connectivity index (χ0) is 15.2. The fourth-order valence-corrected chi connectivity index (χ4v) is 1.49. The van der Waals surface area contributed by atoms with Crippen LogP contribution in [0.1, 0.15) is 30.2 Å². The van der Waals surface area contributed by atoms with Crippen LogP contribution in [0.4, 0.5) is 13.2 Å². The summed E-state index contributed by atoms with van der Waals surface area (Å²) in [5.74, 6) is -0.371. The quantitative estimate of drug-likeness (QED) is 0.784. The van der Waals surface area contributed by atoms with Gasteiger partial charge in [-0.3, -0.25) is 14.5 Å². The van der Waals surface area contributed by atoms with E-state index in [-0.39, 0.29) is 5.76 Å². The minimum atomic E-state index is -4.50. The predicted molar refractivity (Wildman–Crippen MR) is 64.8 cm³/mol. The van der Waals surface area contributed by atoms with Crippen LogP contribution in [0.3, 0.4) is 0 Å². The highest BCUT2D eigenvalue weighted by atomic mass is 19.4. The molecule has 5 nitrogen and oxygen atoms in total. The zero-order valence-corrected chi connectivity index (χ0v) is 11.3. The highest BCUT2D eigenvalue weighted by Gasteiger charge is 2.28. The molecule has 0 radical (unpaired) electrons. The Hall–Kier alpha value is -1.54. The Morgan fingerprint density at radius 3 is 2.55 bits per heavy atom. The van der Waals surface area contributed by atoms with Crippen LogP contribution in [0.15, 0.2) is 16.5 Å². The molecule has 1 amide bonds. The summed E-state index contributed by atoms with van der Waals surface area (Å²) in [7, 11) is 0. The normalized spacial score (nSPS) is 11.9. The van der Waals surface area contributed by atoms with Gasteiger partial charge in [0, 0.05) is 0 Å². The molecule has 0 atom stereocenters. The first-order valence-corrected chi connectivity index (χ1v) is 6.15. The second-order valence-corrected chi connectivity index (χ2v) is 4.06. The second-order valence-electron chi connectivity index (χ2n) is 4.06. The standard InChI is InChI=1S/C12H17F3N2O3/c1-3-17(4-2)7-9-5-6-10(20-9)11(18)16-19-8-12(13,14)15/h5-6H,3-4,7-8H2,1-2H3,(H,16,18). The van der Waals surface area contributed by atoms with Crippen molar-refractivity contribution < 1.29 is 27.2 Å². The second kappa shape index (κ2) is 7.30. The molecule has 0 saturated carbocycles. The average Bonchev–Trinajstić information content (AvgIpc) is 2.82. The molecule has 1 aromatic heterocycles. The van der Waals surface area contributed by atoms with Crippen LogP contribution in [-0.2, 0) is 11.4 Å². The van der Waals surface area contributed by atoms with E-state index in [4.69, 9.17) is 4.42 Å². The van der Waals surface area contributed by atoms with E-state index in [2.05, 4.69) is 9.74 Å². The van der Waals surface area contributed by atoms with Crippen LogP contribution in [0.5, 0.6) is 0 Å². The van der Waals surface area contributed by atoms with Crippen molar-refractivity contribution >= 4 is 5.91 Å². The van der Waals surface area contributed by atoms with Crippen LogP contribution < -0.4 is 5.48 Å². The number of alkyl halides is 3. The maximum atomic E-state index is 11.8. The number of nitrogens with one attached hydrogen (secondary N) is 1. The van der Waals surface area contributed by atoms with Gasteiger partial charge in [-0.05, 0) is 25.2 Å². The maximum absolute atomic E-state index is 11.8. The molecule has 1 heterocycles. The molecule has 1 rings (SSSR count). The minimum absolute atomic E-state index is 0.0886. The molecule has 0 spiro atoms.